The van der Waals surface area contributed by atoms with Crippen LogP contribution in [0.15, 0.2) is 46.9 Å². The molecule has 4 heteroatoms. The number of rotatable bonds is 4. The topological polar surface area (TPSA) is 42.7 Å². The average Bonchev–Trinajstić information content (AvgIpc) is 3.20. The van der Waals surface area contributed by atoms with Crippen molar-refractivity contribution in [2.24, 2.45) is 0 Å². The van der Waals surface area contributed by atoms with Crippen molar-refractivity contribution in [3.8, 4) is 5.75 Å². The summed E-state index contributed by atoms with van der Waals surface area (Å²) in [5, 5.41) is 0. The minimum atomic E-state index is -0.312. The number of para-hydroxylation sites is 1. The average molecular weight is 271 g/mol. The SMILES string of the molecule is Cc1ccc(CN(C(=O)Oc2ccccc2)C2CC2)o1. The third kappa shape index (κ3) is 3.02. The van der Waals surface area contributed by atoms with Gasteiger partial charge in [-0.3, -0.25) is 4.90 Å². The zero-order chi connectivity index (χ0) is 13.9. The number of carbonyl (C=O) groups is 1. The van der Waals surface area contributed by atoms with Crippen molar-refractivity contribution in [2.75, 3.05) is 0 Å². The van der Waals surface area contributed by atoms with Crippen molar-refractivity contribution in [3.63, 3.8) is 0 Å². The highest BCUT2D eigenvalue weighted by molar-refractivity contribution is 5.71. The van der Waals surface area contributed by atoms with Gasteiger partial charge in [0, 0.05) is 6.04 Å². The van der Waals surface area contributed by atoms with Crippen LogP contribution in [-0.2, 0) is 6.54 Å². The maximum absolute atomic E-state index is 12.3. The lowest BCUT2D eigenvalue weighted by Crippen LogP contribution is -2.34. The fourth-order valence-electron chi connectivity index (χ4n) is 2.11. The smallest absolute Gasteiger partial charge is 0.415 e. The molecule has 1 aliphatic carbocycles. The van der Waals surface area contributed by atoms with Gasteiger partial charge in [-0.15, -0.1) is 0 Å². The molecule has 0 bridgehead atoms. The first-order valence-corrected chi connectivity index (χ1v) is 6.81. The molecule has 20 heavy (non-hydrogen) atoms. The predicted octanol–water partition coefficient (Wildman–Crippen LogP) is 3.75. The molecule has 0 atom stereocenters. The van der Waals surface area contributed by atoms with Crippen LogP contribution in [0.1, 0.15) is 24.4 Å². The van der Waals surface area contributed by atoms with Gasteiger partial charge in [0.25, 0.3) is 0 Å². The molecule has 0 unspecified atom stereocenters. The van der Waals surface area contributed by atoms with E-state index >= 15 is 0 Å². The van der Waals surface area contributed by atoms with Crippen LogP contribution in [0.3, 0.4) is 0 Å². The van der Waals surface area contributed by atoms with Gasteiger partial charge in [-0.2, -0.15) is 0 Å². The molecule has 2 aromatic rings. The molecular weight excluding hydrogens is 254 g/mol. The summed E-state index contributed by atoms with van der Waals surface area (Å²) in [7, 11) is 0. The van der Waals surface area contributed by atoms with Crippen LogP contribution in [-0.4, -0.2) is 17.0 Å². The lowest BCUT2D eigenvalue weighted by Gasteiger charge is -2.20. The number of ether oxygens (including phenoxy) is 1. The highest BCUT2D eigenvalue weighted by Crippen LogP contribution is 2.29. The van der Waals surface area contributed by atoms with Crippen molar-refractivity contribution in [3.05, 3.63) is 54.0 Å². The standard InChI is InChI=1S/C16H17NO3/c1-12-7-10-15(19-12)11-17(13-8-9-13)16(18)20-14-5-3-2-4-6-14/h2-7,10,13H,8-9,11H2,1H3. The van der Waals surface area contributed by atoms with Gasteiger partial charge in [0.1, 0.15) is 17.3 Å². The summed E-state index contributed by atoms with van der Waals surface area (Å²) in [6, 6.07) is 13.2. The van der Waals surface area contributed by atoms with Gasteiger partial charge < -0.3 is 9.15 Å². The van der Waals surface area contributed by atoms with Crippen molar-refractivity contribution in [1.29, 1.82) is 0 Å². The summed E-state index contributed by atoms with van der Waals surface area (Å²) < 4.78 is 10.9. The third-order valence-corrected chi connectivity index (χ3v) is 3.29. The van der Waals surface area contributed by atoms with Crippen molar-refractivity contribution in [1.82, 2.24) is 4.90 Å². The quantitative estimate of drug-likeness (QED) is 0.850. The van der Waals surface area contributed by atoms with E-state index in [2.05, 4.69) is 0 Å². The Morgan fingerprint density at radius 2 is 2.00 bits per heavy atom. The lowest BCUT2D eigenvalue weighted by atomic mass is 10.3. The number of nitrogens with zero attached hydrogens (tertiary/aromatic N) is 1. The number of carbonyl (C=O) groups excluding carboxylic acids is 1. The number of amides is 1. The molecule has 0 radical (unpaired) electrons. The Balaban J connectivity index is 1.69. The fourth-order valence-corrected chi connectivity index (χ4v) is 2.11. The summed E-state index contributed by atoms with van der Waals surface area (Å²) >= 11 is 0. The molecular formula is C16H17NO3. The van der Waals surface area contributed by atoms with Gasteiger partial charge in [0.2, 0.25) is 0 Å². The Morgan fingerprint density at radius 1 is 1.25 bits per heavy atom. The van der Waals surface area contributed by atoms with Gasteiger partial charge >= 0.3 is 6.09 Å². The molecule has 1 aromatic carbocycles. The van der Waals surface area contributed by atoms with Crippen LogP contribution in [0.2, 0.25) is 0 Å². The molecule has 4 nitrogen and oxygen atoms in total. The molecule has 0 aliphatic heterocycles. The van der Waals surface area contributed by atoms with E-state index in [-0.39, 0.29) is 12.1 Å². The molecule has 104 valence electrons. The maximum Gasteiger partial charge on any atom is 0.415 e. The fraction of sp³-hybridized carbons (Fsp3) is 0.312. The number of benzene rings is 1. The summed E-state index contributed by atoms with van der Waals surface area (Å²) in [6.45, 7) is 2.36. The van der Waals surface area contributed by atoms with E-state index in [1.54, 1.807) is 17.0 Å². The first-order valence-electron chi connectivity index (χ1n) is 6.81. The van der Waals surface area contributed by atoms with E-state index in [1.165, 1.54) is 0 Å². The Morgan fingerprint density at radius 3 is 2.60 bits per heavy atom. The minimum Gasteiger partial charge on any atom is -0.464 e. The Hall–Kier alpha value is -2.23. The summed E-state index contributed by atoms with van der Waals surface area (Å²) in [5.74, 6) is 2.21. The van der Waals surface area contributed by atoms with Crippen molar-refractivity contribution >= 4 is 6.09 Å². The van der Waals surface area contributed by atoms with E-state index in [4.69, 9.17) is 9.15 Å². The number of aryl methyl sites for hydroxylation is 1. The molecule has 1 heterocycles. The van der Waals surface area contributed by atoms with Crippen LogP contribution in [0, 0.1) is 6.92 Å². The van der Waals surface area contributed by atoms with Crippen molar-refractivity contribution in [2.45, 2.75) is 32.4 Å². The van der Waals surface area contributed by atoms with Crippen LogP contribution in [0.5, 0.6) is 5.75 Å². The summed E-state index contributed by atoms with van der Waals surface area (Å²) in [5.41, 5.74) is 0. The van der Waals surface area contributed by atoms with Crippen LogP contribution in [0.25, 0.3) is 0 Å². The number of hydrogen-bond acceptors (Lipinski definition) is 3. The van der Waals surface area contributed by atoms with Crippen LogP contribution >= 0.6 is 0 Å². The normalized spacial score (nSPS) is 14.1. The second-order valence-corrected chi connectivity index (χ2v) is 5.05. The van der Waals surface area contributed by atoms with Crippen molar-refractivity contribution < 1.29 is 13.9 Å². The second-order valence-electron chi connectivity index (χ2n) is 5.05. The minimum absolute atomic E-state index is 0.275. The monoisotopic (exact) mass is 271 g/mol. The first kappa shape index (κ1) is 12.8. The largest absolute Gasteiger partial charge is 0.464 e. The van der Waals surface area contributed by atoms with E-state index < -0.39 is 0 Å². The molecule has 0 spiro atoms. The Labute approximate surface area is 118 Å². The van der Waals surface area contributed by atoms with E-state index in [0.29, 0.717) is 12.3 Å². The Bertz CT molecular complexity index is 587. The van der Waals surface area contributed by atoms with Gasteiger partial charge in [0.15, 0.2) is 0 Å². The summed E-state index contributed by atoms with van der Waals surface area (Å²) in [6.07, 6.45) is 1.75. The molecule has 0 saturated heterocycles. The van der Waals surface area contributed by atoms with E-state index in [1.807, 2.05) is 37.3 Å². The summed E-state index contributed by atoms with van der Waals surface area (Å²) in [4.78, 5) is 14.0. The highest BCUT2D eigenvalue weighted by Gasteiger charge is 2.34. The second kappa shape index (κ2) is 5.41. The third-order valence-electron chi connectivity index (χ3n) is 3.29. The highest BCUT2D eigenvalue weighted by atomic mass is 16.6. The zero-order valence-electron chi connectivity index (χ0n) is 11.4. The molecule has 1 amide bonds. The maximum atomic E-state index is 12.3. The first-order chi connectivity index (χ1) is 9.72. The van der Waals surface area contributed by atoms with Gasteiger partial charge in [0.05, 0.1) is 6.54 Å². The molecule has 1 saturated carbocycles. The Kier molecular flexibility index (Phi) is 3.46. The molecule has 3 rings (SSSR count). The van der Waals surface area contributed by atoms with Gasteiger partial charge in [-0.25, -0.2) is 4.79 Å². The number of hydrogen-bond donors (Lipinski definition) is 0. The van der Waals surface area contributed by atoms with Crippen LogP contribution < -0.4 is 4.74 Å². The molecule has 1 aliphatic rings. The van der Waals surface area contributed by atoms with Gasteiger partial charge in [-0.05, 0) is 44.0 Å². The molecule has 1 aromatic heterocycles. The van der Waals surface area contributed by atoms with E-state index in [9.17, 15) is 4.79 Å². The predicted molar refractivity (Wildman–Crippen MR) is 74.5 cm³/mol. The number of furan rings is 1. The van der Waals surface area contributed by atoms with Crippen LogP contribution in [0.4, 0.5) is 4.79 Å². The zero-order valence-corrected chi connectivity index (χ0v) is 11.4. The van der Waals surface area contributed by atoms with Gasteiger partial charge in [-0.1, -0.05) is 18.2 Å². The van der Waals surface area contributed by atoms with E-state index in [0.717, 1.165) is 24.4 Å². The molecule has 0 N–H and O–H groups in total. The molecule has 1 fully saturated rings. The lowest BCUT2D eigenvalue weighted by molar-refractivity contribution is 0.142.